The van der Waals surface area contributed by atoms with E-state index in [4.69, 9.17) is 9.15 Å². The minimum atomic E-state index is -0.286. The summed E-state index contributed by atoms with van der Waals surface area (Å²) in [6.07, 6.45) is 5.17. The predicted molar refractivity (Wildman–Crippen MR) is 143 cm³/mol. The van der Waals surface area contributed by atoms with E-state index in [1.54, 1.807) is 24.5 Å². The van der Waals surface area contributed by atoms with Crippen LogP contribution in [0.25, 0.3) is 27.7 Å². The topological polar surface area (TPSA) is 58.8 Å². The number of pyridine rings is 1. The lowest BCUT2D eigenvalue weighted by atomic mass is 9.99. The van der Waals surface area contributed by atoms with Gasteiger partial charge >= 0.3 is 0 Å². The molecule has 1 saturated heterocycles. The van der Waals surface area contributed by atoms with Gasteiger partial charge in [-0.2, -0.15) is 0 Å². The Morgan fingerprint density at radius 2 is 1.89 bits per heavy atom. The van der Waals surface area contributed by atoms with Gasteiger partial charge in [-0.05, 0) is 55.3 Å². The lowest BCUT2D eigenvalue weighted by Gasteiger charge is -2.34. The average Bonchev–Trinajstić information content (AvgIpc) is 3.32. The smallest absolute Gasteiger partial charge is 0.246 e. The second kappa shape index (κ2) is 11.0. The summed E-state index contributed by atoms with van der Waals surface area (Å²) in [5.74, 6) is 0.367. The van der Waals surface area contributed by atoms with Crippen LogP contribution < -0.4 is 4.74 Å². The number of rotatable bonds is 7. The van der Waals surface area contributed by atoms with Gasteiger partial charge in [0.2, 0.25) is 5.91 Å². The van der Waals surface area contributed by atoms with Gasteiger partial charge in [-0.1, -0.05) is 18.2 Å². The van der Waals surface area contributed by atoms with Crippen molar-refractivity contribution in [2.45, 2.75) is 20.4 Å². The zero-order chi connectivity index (χ0) is 25.8. The molecule has 5 rings (SSSR count). The van der Waals surface area contributed by atoms with Gasteiger partial charge in [0, 0.05) is 67.6 Å². The van der Waals surface area contributed by atoms with Crippen molar-refractivity contribution in [3.63, 3.8) is 0 Å². The van der Waals surface area contributed by atoms with Crippen molar-refractivity contribution in [1.82, 2.24) is 14.8 Å². The van der Waals surface area contributed by atoms with Crippen LogP contribution in [0.1, 0.15) is 25.1 Å². The number of piperazine rings is 1. The molecule has 0 atom stereocenters. The highest BCUT2D eigenvalue weighted by Gasteiger charge is 2.21. The van der Waals surface area contributed by atoms with E-state index in [-0.39, 0.29) is 11.7 Å². The molecule has 1 aliphatic rings. The minimum absolute atomic E-state index is 0.0107. The third-order valence-electron chi connectivity index (χ3n) is 6.69. The van der Waals surface area contributed by atoms with Gasteiger partial charge in [-0.3, -0.25) is 14.7 Å². The first-order valence-corrected chi connectivity index (χ1v) is 12.6. The average molecular weight is 500 g/mol. The second-order valence-electron chi connectivity index (χ2n) is 9.18. The summed E-state index contributed by atoms with van der Waals surface area (Å²) in [5, 5.41) is 0.883. The highest BCUT2D eigenvalue weighted by Crippen LogP contribution is 2.37. The maximum atomic E-state index is 13.5. The zero-order valence-corrected chi connectivity index (χ0v) is 21.1. The Kier molecular flexibility index (Phi) is 7.32. The Hall–Kier alpha value is -3.97. The monoisotopic (exact) mass is 499 g/mol. The van der Waals surface area contributed by atoms with Crippen molar-refractivity contribution in [2.75, 3.05) is 32.8 Å². The fourth-order valence-electron chi connectivity index (χ4n) is 4.69. The standard InChI is InChI=1S/C30H30FN3O3/c1-3-36-28-18-29-26(27(20-37-29)22-7-9-23(31)10-8-22)17-25(28)21(2)16-30(35)34-14-12-33(13-15-34)19-24-6-4-5-11-32-24/h4-11,16-18,20H,3,12-15,19H2,1-2H3/b21-16+. The number of amides is 1. The summed E-state index contributed by atoms with van der Waals surface area (Å²) in [7, 11) is 0. The van der Waals surface area contributed by atoms with Gasteiger partial charge in [-0.25, -0.2) is 4.39 Å². The Morgan fingerprint density at radius 1 is 1.11 bits per heavy atom. The van der Waals surface area contributed by atoms with Crippen LogP contribution >= 0.6 is 0 Å². The Balaban J connectivity index is 1.35. The van der Waals surface area contributed by atoms with E-state index in [9.17, 15) is 9.18 Å². The van der Waals surface area contributed by atoms with Crippen molar-refractivity contribution < 1.29 is 18.3 Å². The number of aromatic nitrogens is 1. The number of carbonyl (C=O) groups excluding carboxylic acids is 1. The van der Waals surface area contributed by atoms with Crippen molar-refractivity contribution >= 4 is 22.4 Å². The lowest BCUT2D eigenvalue weighted by molar-refractivity contribution is -0.127. The predicted octanol–water partition coefficient (Wildman–Crippen LogP) is 5.78. The molecule has 37 heavy (non-hydrogen) atoms. The van der Waals surface area contributed by atoms with Gasteiger partial charge in [0.25, 0.3) is 0 Å². The largest absolute Gasteiger partial charge is 0.493 e. The molecular weight excluding hydrogens is 469 g/mol. The van der Waals surface area contributed by atoms with Crippen LogP contribution in [0.5, 0.6) is 5.75 Å². The van der Waals surface area contributed by atoms with Crippen LogP contribution in [-0.4, -0.2) is 53.5 Å². The summed E-state index contributed by atoms with van der Waals surface area (Å²) >= 11 is 0. The van der Waals surface area contributed by atoms with Crippen molar-refractivity contribution in [2.24, 2.45) is 0 Å². The number of ether oxygens (including phenoxy) is 1. The van der Waals surface area contributed by atoms with Crippen molar-refractivity contribution in [3.05, 3.63) is 90.2 Å². The SMILES string of the molecule is CCOc1cc2occ(-c3ccc(F)cc3)c2cc1/C(C)=C/C(=O)N1CCN(Cc2ccccn2)CC1. The van der Waals surface area contributed by atoms with Gasteiger partial charge in [0.1, 0.15) is 17.1 Å². The molecule has 0 bridgehead atoms. The molecule has 0 aliphatic carbocycles. The molecule has 2 aromatic carbocycles. The van der Waals surface area contributed by atoms with Crippen LogP contribution in [0, 0.1) is 5.82 Å². The molecular formula is C30H30FN3O3. The molecule has 0 N–H and O–H groups in total. The molecule has 0 spiro atoms. The number of nitrogens with zero attached hydrogens (tertiary/aromatic N) is 3. The van der Waals surface area contributed by atoms with Crippen LogP contribution in [0.2, 0.25) is 0 Å². The van der Waals surface area contributed by atoms with E-state index in [2.05, 4.69) is 9.88 Å². The zero-order valence-electron chi connectivity index (χ0n) is 21.1. The molecule has 1 fully saturated rings. The maximum Gasteiger partial charge on any atom is 0.246 e. The molecule has 1 aliphatic heterocycles. The van der Waals surface area contributed by atoms with Crippen molar-refractivity contribution in [3.8, 4) is 16.9 Å². The van der Waals surface area contributed by atoms with E-state index in [1.807, 2.05) is 55.3 Å². The molecule has 2 aromatic heterocycles. The van der Waals surface area contributed by atoms with Crippen LogP contribution in [0.3, 0.4) is 0 Å². The van der Waals surface area contributed by atoms with Crippen molar-refractivity contribution in [1.29, 1.82) is 0 Å². The summed E-state index contributed by atoms with van der Waals surface area (Å²) in [5.41, 5.74) is 5.09. The van der Waals surface area contributed by atoms with Gasteiger partial charge < -0.3 is 14.1 Å². The number of hydrogen-bond donors (Lipinski definition) is 0. The molecule has 0 saturated carbocycles. The first-order chi connectivity index (χ1) is 18.0. The number of carbonyl (C=O) groups is 1. The quantitative estimate of drug-likeness (QED) is 0.302. The van der Waals surface area contributed by atoms with Crippen LogP contribution in [0.4, 0.5) is 4.39 Å². The van der Waals surface area contributed by atoms with Crippen LogP contribution in [-0.2, 0) is 11.3 Å². The van der Waals surface area contributed by atoms with E-state index in [1.165, 1.54) is 12.1 Å². The van der Waals surface area contributed by atoms with Gasteiger partial charge in [0.05, 0.1) is 18.6 Å². The molecule has 0 radical (unpaired) electrons. The maximum absolute atomic E-state index is 13.5. The Bertz CT molecular complexity index is 1410. The minimum Gasteiger partial charge on any atom is -0.493 e. The highest BCUT2D eigenvalue weighted by atomic mass is 19.1. The number of hydrogen-bond acceptors (Lipinski definition) is 5. The van der Waals surface area contributed by atoms with E-state index in [0.29, 0.717) is 31.0 Å². The van der Waals surface area contributed by atoms with E-state index >= 15 is 0 Å². The highest BCUT2D eigenvalue weighted by molar-refractivity contribution is 6.00. The van der Waals surface area contributed by atoms with E-state index < -0.39 is 0 Å². The van der Waals surface area contributed by atoms with Crippen LogP contribution in [0.15, 0.2) is 77.6 Å². The number of fused-ring (bicyclic) bond motifs is 1. The van der Waals surface area contributed by atoms with E-state index in [0.717, 1.165) is 53.0 Å². The molecule has 7 heteroatoms. The molecule has 6 nitrogen and oxygen atoms in total. The molecule has 0 unspecified atom stereocenters. The normalized spacial score (nSPS) is 14.8. The summed E-state index contributed by atoms with van der Waals surface area (Å²) in [6, 6.07) is 16.1. The van der Waals surface area contributed by atoms with Gasteiger partial charge in [0.15, 0.2) is 0 Å². The molecule has 4 aromatic rings. The fraction of sp³-hybridized carbons (Fsp3) is 0.267. The first-order valence-electron chi connectivity index (χ1n) is 12.6. The first kappa shape index (κ1) is 24.7. The summed E-state index contributed by atoms with van der Waals surface area (Å²) < 4.78 is 25.2. The summed E-state index contributed by atoms with van der Waals surface area (Å²) in [4.78, 5) is 21.8. The second-order valence-corrected chi connectivity index (χ2v) is 9.18. The number of allylic oxidation sites excluding steroid dienone is 1. The molecule has 190 valence electrons. The number of benzene rings is 2. The number of halogens is 1. The third-order valence-corrected chi connectivity index (χ3v) is 6.69. The molecule has 1 amide bonds. The fourth-order valence-corrected chi connectivity index (χ4v) is 4.69. The molecule has 3 heterocycles. The Morgan fingerprint density at radius 3 is 2.59 bits per heavy atom. The lowest BCUT2D eigenvalue weighted by Crippen LogP contribution is -2.47. The Labute approximate surface area is 216 Å². The van der Waals surface area contributed by atoms with Gasteiger partial charge in [-0.15, -0.1) is 0 Å². The number of furan rings is 1. The third kappa shape index (κ3) is 5.57. The summed E-state index contributed by atoms with van der Waals surface area (Å²) in [6.45, 7) is 8.08.